The maximum atomic E-state index is 13.8. The minimum absolute atomic E-state index is 0.114. The summed E-state index contributed by atoms with van der Waals surface area (Å²) < 4.78 is 55.5. The van der Waals surface area contributed by atoms with Gasteiger partial charge in [0.15, 0.2) is 5.82 Å². The Morgan fingerprint density at radius 3 is 2.46 bits per heavy atom. The van der Waals surface area contributed by atoms with E-state index in [1.165, 1.54) is 0 Å². The van der Waals surface area contributed by atoms with Crippen molar-refractivity contribution in [2.75, 3.05) is 24.2 Å². The minimum Gasteiger partial charge on any atom is -0.324 e. The molecule has 2 aliphatic rings. The number of anilines is 2. The number of carbonyl (C=O) groups is 2. The van der Waals surface area contributed by atoms with Crippen LogP contribution in [0.4, 0.5) is 20.3 Å². The van der Waals surface area contributed by atoms with Gasteiger partial charge in [-0.05, 0) is 64.5 Å². The molecule has 1 atom stereocenters. The molecule has 2 amide bonds. The van der Waals surface area contributed by atoms with Crippen LogP contribution in [0.5, 0.6) is 0 Å². The SMILES string of the molecule is CN1CCC[C@H]1C(=O)Nc1ccccc1C(=O)Nc1n[nH]c2c1CN(S(=O)(=O)c1cc(F)cc(F)c1)C2(C)C. The second kappa shape index (κ2) is 9.81. The highest BCUT2D eigenvalue weighted by molar-refractivity contribution is 7.89. The number of nitrogens with one attached hydrogen (secondary N) is 3. The molecule has 5 rings (SSSR count). The van der Waals surface area contributed by atoms with Crippen LogP contribution >= 0.6 is 0 Å². The number of aromatic amines is 1. The van der Waals surface area contributed by atoms with Gasteiger partial charge >= 0.3 is 0 Å². The van der Waals surface area contributed by atoms with Crippen molar-refractivity contribution < 1.29 is 26.8 Å². The zero-order valence-corrected chi connectivity index (χ0v) is 22.4. The molecule has 2 aliphatic heterocycles. The molecule has 206 valence electrons. The van der Waals surface area contributed by atoms with Gasteiger partial charge in [-0.25, -0.2) is 17.2 Å². The molecular weight excluding hydrogens is 530 g/mol. The van der Waals surface area contributed by atoms with E-state index < -0.39 is 38.0 Å². The number of rotatable bonds is 6. The van der Waals surface area contributed by atoms with Crippen molar-refractivity contribution >= 4 is 33.3 Å². The number of sulfonamides is 1. The molecule has 3 aromatic rings. The highest BCUT2D eigenvalue weighted by Gasteiger charge is 2.48. The van der Waals surface area contributed by atoms with Gasteiger partial charge in [-0.15, -0.1) is 0 Å². The lowest BCUT2D eigenvalue weighted by molar-refractivity contribution is -0.119. The molecule has 1 aromatic heterocycles. The highest BCUT2D eigenvalue weighted by atomic mass is 32.2. The van der Waals surface area contributed by atoms with Crippen molar-refractivity contribution in [1.29, 1.82) is 0 Å². The molecule has 0 unspecified atom stereocenters. The summed E-state index contributed by atoms with van der Waals surface area (Å²) in [5.41, 5.74) is 0.240. The fraction of sp³-hybridized carbons (Fsp3) is 0.346. The number of benzene rings is 2. The fourth-order valence-corrected chi connectivity index (χ4v) is 6.98. The molecular formula is C26H28F2N6O4S. The van der Waals surface area contributed by atoms with Crippen LogP contribution < -0.4 is 10.6 Å². The Balaban J connectivity index is 1.39. The molecule has 39 heavy (non-hydrogen) atoms. The minimum atomic E-state index is -4.32. The zero-order valence-electron chi connectivity index (χ0n) is 21.6. The van der Waals surface area contributed by atoms with Crippen molar-refractivity contribution in [3.63, 3.8) is 0 Å². The van der Waals surface area contributed by atoms with Crippen molar-refractivity contribution in [3.8, 4) is 0 Å². The molecule has 0 saturated carbocycles. The van der Waals surface area contributed by atoms with Crippen LogP contribution in [0.15, 0.2) is 47.4 Å². The molecule has 13 heteroatoms. The van der Waals surface area contributed by atoms with E-state index in [2.05, 4.69) is 20.8 Å². The van der Waals surface area contributed by atoms with E-state index in [0.717, 1.165) is 35.8 Å². The number of hydrogen-bond donors (Lipinski definition) is 3. The van der Waals surface area contributed by atoms with E-state index in [4.69, 9.17) is 0 Å². The molecule has 3 heterocycles. The molecule has 1 saturated heterocycles. The third kappa shape index (κ3) is 4.81. The third-order valence-corrected chi connectivity index (χ3v) is 9.31. The summed E-state index contributed by atoms with van der Waals surface area (Å²) in [4.78, 5) is 27.6. The standard InChI is InChI=1S/C26H28F2N6O4S/c1-26(2)22-19(14-34(26)39(37,38)17-12-15(27)11-16(28)13-17)23(32-31-22)30-24(35)18-7-4-5-8-20(18)29-25(36)21-9-6-10-33(21)3/h4-5,7-8,11-13,21H,6,9-10,14H2,1-3H3,(H,29,36)(H2,30,31,32,35)/t21-/m0/s1. The second-order valence-electron chi connectivity index (χ2n) is 10.2. The predicted octanol–water partition coefficient (Wildman–Crippen LogP) is 3.41. The first-order valence-electron chi connectivity index (χ1n) is 12.4. The molecule has 3 N–H and O–H groups in total. The van der Waals surface area contributed by atoms with Crippen molar-refractivity contribution in [3.05, 3.63) is 70.9 Å². The zero-order chi connectivity index (χ0) is 28.1. The maximum Gasteiger partial charge on any atom is 0.258 e. The fourth-order valence-electron chi connectivity index (χ4n) is 5.21. The number of nitrogens with zero attached hydrogens (tertiary/aromatic N) is 3. The van der Waals surface area contributed by atoms with Crippen LogP contribution in [-0.2, 0) is 26.9 Å². The molecule has 0 aliphatic carbocycles. The average molecular weight is 559 g/mol. The number of halogens is 2. The van der Waals surface area contributed by atoms with E-state index in [1.54, 1.807) is 38.1 Å². The maximum absolute atomic E-state index is 13.8. The Kier molecular flexibility index (Phi) is 6.77. The largest absolute Gasteiger partial charge is 0.324 e. The first-order chi connectivity index (χ1) is 18.4. The van der Waals surface area contributed by atoms with Crippen LogP contribution in [0.25, 0.3) is 0 Å². The number of para-hydroxylation sites is 1. The van der Waals surface area contributed by atoms with Gasteiger partial charge in [-0.2, -0.15) is 9.40 Å². The number of carbonyl (C=O) groups excluding carboxylic acids is 2. The smallest absolute Gasteiger partial charge is 0.258 e. The number of fused-ring (bicyclic) bond motifs is 1. The van der Waals surface area contributed by atoms with Crippen LogP contribution in [0, 0.1) is 11.6 Å². The van der Waals surface area contributed by atoms with Gasteiger partial charge in [0.1, 0.15) is 11.6 Å². The number of amides is 2. The van der Waals surface area contributed by atoms with Gasteiger partial charge in [-0.1, -0.05) is 12.1 Å². The van der Waals surface area contributed by atoms with Gasteiger partial charge in [0.05, 0.1) is 33.4 Å². The van der Waals surface area contributed by atoms with Crippen LogP contribution in [-0.4, -0.2) is 59.3 Å². The molecule has 0 radical (unpaired) electrons. The third-order valence-electron chi connectivity index (χ3n) is 7.31. The lowest BCUT2D eigenvalue weighted by Gasteiger charge is -2.30. The summed E-state index contributed by atoms with van der Waals surface area (Å²) in [5, 5.41) is 12.6. The Hall–Kier alpha value is -3.68. The van der Waals surface area contributed by atoms with E-state index in [-0.39, 0.29) is 29.9 Å². The lowest BCUT2D eigenvalue weighted by Crippen LogP contribution is -2.40. The molecule has 0 spiro atoms. The number of likely N-dealkylation sites (N-methyl/N-ethyl adjacent to an activating group) is 1. The van der Waals surface area contributed by atoms with E-state index in [1.807, 2.05) is 11.9 Å². The number of likely N-dealkylation sites (tertiary alicyclic amines) is 1. The van der Waals surface area contributed by atoms with Crippen LogP contribution in [0.1, 0.15) is 48.3 Å². The summed E-state index contributed by atoms with van der Waals surface area (Å²) in [7, 11) is -2.44. The van der Waals surface area contributed by atoms with Gasteiger partial charge in [0, 0.05) is 18.2 Å². The lowest BCUT2D eigenvalue weighted by atomic mass is 10.0. The monoisotopic (exact) mass is 558 g/mol. The predicted molar refractivity (Wildman–Crippen MR) is 139 cm³/mol. The summed E-state index contributed by atoms with van der Waals surface area (Å²) in [6.45, 7) is 3.88. The number of hydrogen-bond acceptors (Lipinski definition) is 6. The Labute approximate surface area is 224 Å². The van der Waals surface area contributed by atoms with Gasteiger partial charge in [-0.3, -0.25) is 19.6 Å². The average Bonchev–Trinajstić information content (AvgIpc) is 3.54. The van der Waals surface area contributed by atoms with E-state index in [0.29, 0.717) is 23.0 Å². The molecule has 10 nitrogen and oxygen atoms in total. The molecule has 2 aromatic carbocycles. The Morgan fingerprint density at radius 2 is 1.79 bits per heavy atom. The van der Waals surface area contributed by atoms with Crippen molar-refractivity contribution in [1.82, 2.24) is 19.4 Å². The second-order valence-corrected chi connectivity index (χ2v) is 12.1. The van der Waals surface area contributed by atoms with E-state index in [9.17, 15) is 26.8 Å². The summed E-state index contributed by atoms with van der Waals surface area (Å²) in [6, 6.07) is 8.40. The topological polar surface area (TPSA) is 128 Å². The summed E-state index contributed by atoms with van der Waals surface area (Å²) in [6.07, 6.45) is 1.64. The van der Waals surface area contributed by atoms with Crippen molar-refractivity contribution in [2.24, 2.45) is 0 Å². The van der Waals surface area contributed by atoms with Crippen LogP contribution in [0.3, 0.4) is 0 Å². The van der Waals surface area contributed by atoms with Gasteiger partial charge in [0.25, 0.3) is 5.91 Å². The van der Waals surface area contributed by atoms with Gasteiger partial charge < -0.3 is 10.6 Å². The number of H-pyrrole nitrogens is 1. The summed E-state index contributed by atoms with van der Waals surface area (Å²) >= 11 is 0. The molecule has 0 bridgehead atoms. The number of aromatic nitrogens is 2. The van der Waals surface area contributed by atoms with Gasteiger partial charge in [0.2, 0.25) is 15.9 Å². The molecule has 1 fully saturated rings. The Bertz CT molecular complexity index is 1550. The normalized spacial score (nSPS) is 19.2. The quantitative estimate of drug-likeness (QED) is 0.426. The van der Waals surface area contributed by atoms with E-state index >= 15 is 0 Å². The Morgan fingerprint density at radius 1 is 1.10 bits per heavy atom. The first kappa shape index (κ1) is 26.9. The first-order valence-corrected chi connectivity index (χ1v) is 13.8. The highest BCUT2D eigenvalue weighted by Crippen LogP contribution is 2.44. The van der Waals surface area contributed by atoms with Crippen molar-refractivity contribution in [2.45, 2.75) is 49.7 Å². The van der Waals surface area contributed by atoms with Crippen LogP contribution in [0.2, 0.25) is 0 Å². The summed E-state index contributed by atoms with van der Waals surface area (Å²) in [5.74, 6) is -2.66.